The lowest BCUT2D eigenvalue weighted by molar-refractivity contribution is 0.0908. The van der Waals surface area contributed by atoms with Crippen molar-refractivity contribution in [3.63, 3.8) is 0 Å². The molecule has 1 atom stereocenters. The highest BCUT2D eigenvalue weighted by molar-refractivity contribution is 7.90. The number of hydrogen-bond acceptors (Lipinski definition) is 4. The molecule has 1 N–H and O–H groups in total. The zero-order valence-electron chi connectivity index (χ0n) is 15.6. The van der Waals surface area contributed by atoms with E-state index in [0.29, 0.717) is 5.92 Å². The van der Waals surface area contributed by atoms with Crippen LogP contribution >= 0.6 is 0 Å². The van der Waals surface area contributed by atoms with Crippen LogP contribution in [0, 0.1) is 5.92 Å². The number of furan rings is 1. The zero-order chi connectivity index (χ0) is 19.2. The van der Waals surface area contributed by atoms with E-state index in [1.807, 2.05) is 6.92 Å². The van der Waals surface area contributed by atoms with E-state index in [1.54, 1.807) is 36.4 Å². The van der Waals surface area contributed by atoms with Crippen LogP contribution < -0.4 is 5.32 Å². The average molecular weight is 378 g/mol. The number of amides is 1. The van der Waals surface area contributed by atoms with Crippen molar-refractivity contribution in [2.24, 2.45) is 5.92 Å². The Morgan fingerprint density at radius 2 is 1.73 bits per heavy atom. The van der Waals surface area contributed by atoms with Crippen LogP contribution in [0.4, 0.5) is 0 Å². The molecule has 1 heterocycles. The first-order chi connectivity index (χ1) is 12.3. The molecule has 1 aromatic heterocycles. The first kappa shape index (κ1) is 20.2. The molecule has 5 nitrogen and oxygen atoms in total. The number of carbonyl (C=O) groups excluding carboxylic acids is 1. The van der Waals surface area contributed by atoms with Gasteiger partial charge in [-0.25, -0.2) is 8.42 Å². The van der Waals surface area contributed by atoms with Crippen LogP contribution in [0.2, 0.25) is 0 Å². The monoisotopic (exact) mass is 377 g/mol. The van der Waals surface area contributed by atoms with Crippen molar-refractivity contribution < 1.29 is 17.6 Å². The Hall–Kier alpha value is -2.08. The second-order valence-electron chi connectivity index (χ2n) is 7.04. The lowest BCUT2D eigenvalue weighted by Crippen LogP contribution is -2.32. The highest BCUT2D eigenvalue weighted by Crippen LogP contribution is 2.18. The number of nitrogens with one attached hydrogen (secondary N) is 1. The van der Waals surface area contributed by atoms with Crippen LogP contribution in [0.25, 0.3) is 0 Å². The van der Waals surface area contributed by atoms with E-state index in [0.717, 1.165) is 19.3 Å². The summed E-state index contributed by atoms with van der Waals surface area (Å²) in [6.45, 7) is 6.32. The summed E-state index contributed by atoms with van der Waals surface area (Å²) >= 11 is 0. The molecule has 0 saturated carbocycles. The maximum atomic E-state index is 12.4. The maximum absolute atomic E-state index is 12.4. The van der Waals surface area contributed by atoms with Crippen molar-refractivity contribution >= 4 is 15.7 Å². The summed E-state index contributed by atoms with van der Waals surface area (Å²) < 4.78 is 30.2. The fourth-order valence-electron chi connectivity index (χ4n) is 2.68. The van der Waals surface area contributed by atoms with Crippen molar-refractivity contribution in [1.82, 2.24) is 5.32 Å². The Balaban J connectivity index is 1.93. The molecule has 0 radical (unpaired) electrons. The molecule has 0 fully saturated rings. The SMILES string of the molecule is CC(C)CCCC(C)NC(=O)c1ccc(CS(=O)(=O)c2ccccc2)o1. The molecule has 142 valence electrons. The molecule has 0 saturated heterocycles. The van der Waals surface area contributed by atoms with E-state index in [1.165, 1.54) is 6.07 Å². The van der Waals surface area contributed by atoms with Crippen LogP contribution in [0.3, 0.4) is 0 Å². The van der Waals surface area contributed by atoms with Gasteiger partial charge in [-0.15, -0.1) is 0 Å². The van der Waals surface area contributed by atoms with Crippen molar-refractivity contribution in [2.75, 3.05) is 0 Å². The molecule has 26 heavy (non-hydrogen) atoms. The summed E-state index contributed by atoms with van der Waals surface area (Å²) in [6.07, 6.45) is 3.08. The molecule has 0 aliphatic rings. The normalized spacial score (nSPS) is 12.9. The molecule has 1 unspecified atom stereocenters. The van der Waals surface area contributed by atoms with Crippen LogP contribution in [-0.4, -0.2) is 20.4 Å². The molecule has 0 aliphatic heterocycles. The van der Waals surface area contributed by atoms with Gasteiger partial charge >= 0.3 is 0 Å². The Bertz CT molecular complexity index is 809. The summed E-state index contributed by atoms with van der Waals surface area (Å²) in [5.74, 6) is 0.460. The Morgan fingerprint density at radius 3 is 2.38 bits per heavy atom. The van der Waals surface area contributed by atoms with Crippen molar-refractivity contribution in [2.45, 2.75) is 56.7 Å². The highest BCUT2D eigenvalue weighted by Gasteiger charge is 2.19. The highest BCUT2D eigenvalue weighted by atomic mass is 32.2. The number of rotatable bonds is 9. The lowest BCUT2D eigenvalue weighted by Gasteiger charge is -2.13. The number of benzene rings is 1. The van der Waals surface area contributed by atoms with E-state index in [2.05, 4.69) is 19.2 Å². The second-order valence-corrected chi connectivity index (χ2v) is 9.03. The van der Waals surface area contributed by atoms with Gasteiger partial charge in [-0.3, -0.25) is 4.79 Å². The summed E-state index contributed by atoms with van der Waals surface area (Å²) in [5.41, 5.74) is 0. The van der Waals surface area contributed by atoms with Crippen LogP contribution in [0.5, 0.6) is 0 Å². The van der Waals surface area contributed by atoms with Crippen LogP contribution in [0.1, 0.15) is 56.3 Å². The van der Waals surface area contributed by atoms with E-state index in [4.69, 9.17) is 4.42 Å². The molecular formula is C20H27NO4S. The average Bonchev–Trinajstić information content (AvgIpc) is 3.03. The Labute approximate surface area is 155 Å². The van der Waals surface area contributed by atoms with Crippen LogP contribution in [0.15, 0.2) is 51.8 Å². The Morgan fingerprint density at radius 1 is 1.04 bits per heavy atom. The van der Waals surface area contributed by atoms with Gasteiger partial charge in [0.25, 0.3) is 5.91 Å². The van der Waals surface area contributed by atoms with Gasteiger partial charge in [0, 0.05) is 6.04 Å². The fraction of sp³-hybridized carbons (Fsp3) is 0.450. The Kier molecular flexibility index (Phi) is 7.03. The number of carbonyl (C=O) groups is 1. The van der Waals surface area contributed by atoms with Gasteiger partial charge in [0.1, 0.15) is 11.5 Å². The zero-order valence-corrected chi connectivity index (χ0v) is 16.4. The minimum atomic E-state index is -3.49. The van der Waals surface area contributed by atoms with Gasteiger partial charge in [0.2, 0.25) is 0 Å². The third-order valence-electron chi connectivity index (χ3n) is 4.12. The smallest absolute Gasteiger partial charge is 0.287 e. The van der Waals surface area contributed by atoms with E-state index < -0.39 is 9.84 Å². The topological polar surface area (TPSA) is 76.4 Å². The van der Waals surface area contributed by atoms with Gasteiger partial charge < -0.3 is 9.73 Å². The van der Waals surface area contributed by atoms with Gasteiger partial charge in [-0.2, -0.15) is 0 Å². The number of hydrogen-bond donors (Lipinski definition) is 1. The molecule has 2 aromatic rings. The van der Waals surface area contributed by atoms with E-state index in [-0.39, 0.29) is 34.1 Å². The van der Waals surface area contributed by atoms with Gasteiger partial charge in [-0.1, -0.05) is 44.9 Å². The van der Waals surface area contributed by atoms with Crippen LogP contribution in [-0.2, 0) is 15.6 Å². The molecule has 1 amide bonds. The maximum Gasteiger partial charge on any atom is 0.287 e. The molecule has 1 aromatic carbocycles. The molecule has 0 spiro atoms. The minimum absolute atomic E-state index is 0.0443. The van der Waals surface area contributed by atoms with Crippen molar-refractivity contribution in [3.05, 3.63) is 54.0 Å². The molecular weight excluding hydrogens is 350 g/mol. The molecule has 0 bridgehead atoms. The first-order valence-corrected chi connectivity index (χ1v) is 10.6. The number of sulfone groups is 1. The third-order valence-corrected chi connectivity index (χ3v) is 5.77. The fourth-order valence-corrected chi connectivity index (χ4v) is 3.94. The van der Waals surface area contributed by atoms with Crippen molar-refractivity contribution in [1.29, 1.82) is 0 Å². The third kappa shape index (κ3) is 6.02. The standard InChI is InChI=1S/C20H27NO4S/c1-15(2)8-7-9-16(3)21-20(22)19-13-12-17(25-19)14-26(23,24)18-10-5-4-6-11-18/h4-6,10-13,15-16H,7-9,14H2,1-3H3,(H,21,22). The molecule has 2 rings (SSSR count). The first-order valence-electron chi connectivity index (χ1n) is 8.95. The summed E-state index contributed by atoms with van der Waals surface area (Å²) in [4.78, 5) is 12.5. The molecule has 6 heteroatoms. The summed E-state index contributed by atoms with van der Waals surface area (Å²) in [5, 5.41) is 2.90. The minimum Gasteiger partial charge on any atom is -0.455 e. The van der Waals surface area contributed by atoms with E-state index >= 15 is 0 Å². The van der Waals surface area contributed by atoms with Gasteiger partial charge in [-0.05, 0) is 43.5 Å². The summed E-state index contributed by atoms with van der Waals surface area (Å²) in [7, 11) is -3.49. The second kappa shape index (κ2) is 9.03. The van der Waals surface area contributed by atoms with E-state index in [9.17, 15) is 13.2 Å². The predicted molar refractivity (Wildman–Crippen MR) is 102 cm³/mol. The van der Waals surface area contributed by atoms with Gasteiger partial charge in [0.05, 0.1) is 4.90 Å². The molecule has 0 aliphatic carbocycles. The van der Waals surface area contributed by atoms with Crippen molar-refractivity contribution in [3.8, 4) is 0 Å². The largest absolute Gasteiger partial charge is 0.455 e. The van der Waals surface area contributed by atoms with Gasteiger partial charge in [0.15, 0.2) is 15.6 Å². The summed E-state index contributed by atoms with van der Waals surface area (Å²) in [6, 6.07) is 11.3. The lowest BCUT2D eigenvalue weighted by atomic mass is 10.0. The predicted octanol–water partition coefficient (Wildman–Crippen LogP) is 4.20. The quantitative estimate of drug-likeness (QED) is 0.710.